The molecule has 2 aliphatic rings. The molecule has 0 atom stereocenters. The second kappa shape index (κ2) is 6.65. The number of rotatable bonds is 3. The van der Waals surface area contributed by atoms with Crippen LogP contribution in [0.5, 0.6) is 11.6 Å². The Kier molecular flexibility index (Phi) is 4.21. The lowest BCUT2D eigenvalue weighted by molar-refractivity contribution is 0.0237. The van der Waals surface area contributed by atoms with E-state index in [0.717, 1.165) is 62.5 Å². The first-order chi connectivity index (χ1) is 11.8. The highest BCUT2D eigenvalue weighted by Crippen LogP contribution is 2.29. The summed E-state index contributed by atoms with van der Waals surface area (Å²) in [6.45, 7) is 3.04. The Labute approximate surface area is 141 Å². The smallest absolute Gasteiger partial charge is 0.218 e. The summed E-state index contributed by atoms with van der Waals surface area (Å²) in [4.78, 5) is 10.8. The first kappa shape index (κ1) is 15.2. The molecule has 1 aromatic carbocycles. The topological polar surface area (TPSA) is 67.7 Å². The Morgan fingerprint density at radius 1 is 1.21 bits per heavy atom. The summed E-state index contributed by atoms with van der Waals surface area (Å²) < 4.78 is 11.3. The van der Waals surface area contributed by atoms with E-state index in [0.29, 0.717) is 11.6 Å². The van der Waals surface area contributed by atoms with Crippen LogP contribution >= 0.6 is 0 Å². The van der Waals surface area contributed by atoms with Crippen LogP contribution in [0.1, 0.15) is 24.0 Å². The predicted octanol–water partition coefficient (Wildman–Crippen LogP) is 2.30. The molecule has 1 fully saturated rings. The predicted molar refractivity (Wildman–Crippen MR) is 89.4 cm³/mol. The van der Waals surface area contributed by atoms with Gasteiger partial charge in [-0.3, -0.25) is 0 Å². The van der Waals surface area contributed by atoms with E-state index in [2.05, 4.69) is 20.9 Å². The van der Waals surface area contributed by atoms with Crippen molar-refractivity contribution in [2.75, 3.05) is 24.7 Å². The lowest BCUT2D eigenvalue weighted by Crippen LogP contribution is -2.31. The number of hydrogen-bond acceptors (Lipinski definition) is 6. The highest BCUT2D eigenvalue weighted by atomic mass is 16.5. The monoisotopic (exact) mass is 327 g/mol. The number of aromatic hydroxyl groups is 1. The van der Waals surface area contributed by atoms with Crippen LogP contribution in [0.3, 0.4) is 0 Å². The third-order valence-corrected chi connectivity index (χ3v) is 4.65. The Morgan fingerprint density at radius 3 is 2.96 bits per heavy atom. The zero-order valence-corrected chi connectivity index (χ0v) is 13.5. The molecular weight excluding hydrogens is 306 g/mol. The molecule has 1 saturated heterocycles. The number of fused-ring (bicyclic) bond motifs is 1. The summed E-state index contributed by atoms with van der Waals surface area (Å²) in [5.74, 6) is 1.87. The Morgan fingerprint density at radius 2 is 2.08 bits per heavy atom. The summed E-state index contributed by atoms with van der Waals surface area (Å²) in [7, 11) is 0. The van der Waals surface area contributed by atoms with Gasteiger partial charge in [-0.05, 0) is 18.1 Å². The van der Waals surface area contributed by atoms with Gasteiger partial charge in [-0.25, -0.2) is 9.97 Å². The van der Waals surface area contributed by atoms with Crippen molar-refractivity contribution in [2.45, 2.75) is 31.9 Å². The second-order valence-electron chi connectivity index (χ2n) is 6.23. The molecule has 2 aliphatic heterocycles. The normalized spacial score (nSPS) is 18.2. The van der Waals surface area contributed by atoms with E-state index < -0.39 is 0 Å². The van der Waals surface area contributed by atoms with Crippen molar-refractivity contribution in [1.29, 1.82) is 0 Å². The largest absolute Gasteiger partial charge is 0.508 e. The lowest BCUT2D eigenvalue weighted by Gasteiger charge is -2.30. The number of ether oxygens (including phenoxy) is 2. The van der Waals surface area contributed by atoms with Crippen LogP contribution < -0.4 is 9.64 Å². The minimum absolute atomic E-state index is 0.167. The minimum Gasteiger partial charge on any atom is -0.508 e. The number of nitrogens with zero attached hydrogens (tertiary/aromatic N) is 3. The van der Waals surface area contributed by atoms with E-state index in [9.17, 15) is 5.11 Å². The molecule has 1 aromatic heterocycles. The highest BCUT2D eigenvalue weighted by Gasteiger charge is 2.21. The van der Waals surface area contributed by atoms with Gasteiger partial charge >= 0.3 is 0 Å². The fourth-order valence-electron chi connectivity index (χ4n) is 3.32. The van der Waals surface area contributed by atoms with Crippen molar-refractivity contribution in [3.8, 4) is 11.6 Å². The molecule has 0 radical (unpaired) electrons. The molecule has 0 amide bonds. The van der Waals surface area contributed by atoms with Crippen LogP contribution in [0.2, 0.25) is 0 Å². The maximum atomic E-state index is 9.97. The number of aromatic nitrogens is 2. The van der Waals surface area contributed by atoms with Gasteiger partial charge in [0.1, 0.15) is 24.0 Å². The van der Waals surface area contributed by atoms with Crippen molar-refractivity contribution in [3.05, 3.63) is 41.7 Å². The van der Waals surface area contributed by atoms with Crippen LogP contribution in [-0.4, -0.2) is 40.9 Å². The molecule has 0 unspecified atom stereocenters. The van der Waals surface area contributed by atoms with E-state index in [1.54, 1.807) is 12.4 Å². The third kappa shape index (κ3) is 3.14. The summed E-state index contributed by atoms with van der Waals surface area (Å²) in [5.41, 5.74) is 2.19. The van der Waals surface area contributed by atoms with E-state index in [-0.39, 0.29) is 6.10 Å². The number of phenolic OH excluding ortho intramolecular Hbond substituents is 1. The number of benzene rings is 1. The van der Waals surface area contributed by atoms with Gasteiger partial charge in [0.05, 0.1) is 13.2 Å². The molecule has 0 bridgehead atoms. The van der Waals surface area contributed by atoms with Crippen LogP contribution in [0.15, 0.2) is 30.6 Å². The third-order valence-electron chi connectivity index (χ3n) is 4.65. The fourth-order valence-corrected chi connectivity index (χ4v) is 3.32. The Balaban J connectivity index is 1.49. The molecule has 0 saturated carbocycles. The molecule has 6 nitrogen and oxygen atoms in total. The van der Waals surface area contributed by atoms with Gasteiger partial charge in [-0.2, -0.15) is 0 Å². The molecule has 24 heavy (non-hydrogen) atoms. The quantitative estimate of drug-likeness (QED) is 0.933. The maximum Gasteiger partial charge on any atom is 0.218 e. The van der Waals surface area contributed by atoms with Gasteiger partial charge in [-0.15, -0.1) is 0 Å². The summed E-state index contributed by atoms with van der Waals surface area (Å²) in [6.07, 6.45) is 4.33. The Bertz CT molecular complexity index is 716. The van der Waals surface area contributed by atoms with Crippen LogP contribution in [0.4, 0.5) is 5.82 Å². The molecule has 3 heterocycles. The van der Waals surface area contributed by atoms with E-state index in [1.807, 2.05) is 12.1 Å². The van der Waals surface area contributed by atoms with Crippen molar-refractivity contribution >= 4 is 5.82 Å². The SMILES string of the molecule is Oc1cccc2c1CCN(c1cc(OC3CCOCC3)ncn1)C2. The lowest BCUT2D eigenvalue weighted by atomic mass is 9.99. The highest BCUT2D eigenvalue weighted by molar-refractivity contribution is 5.48. The van der Waals surface area contributed by atoms with Crippen LogP contribution in [-0.2, 0) is 17.7 Å². The molecule has 4 rings (SSSR count). The van der Waals surface area contributed by atoms with Gasteiger partial charge in [0, 0.05) is 37.6 Å². The molecule has 0 aliphatic carbocycles. The molecule has 126 valence electrons. The summed E-state index contributed by atoms with van der Waals surface area (Å²) >= 11 is 0. The number of hydrogen-bond donors (Lipinski definition) is 1. The first-order valence-electron chi connectivity index (χ1n) is 8.41. The first-order valence-corrected chi connectivity index (χ1v) is 8.41. The van der Waals surface area contributed by atoms with Gasteiger partial charge < -0.3 is 19.5 Å². The van der Waals surface area contributed by atoms with Crippen LogP contribution in [0.25, 0.3) is 0 Å². The fraction of sp³-hybridized carbons (Fsp3) is 0.444. The van der Waals surface area contributed by atoms with E-state index in [1.165, 1.54) is 0 Å². The molecule has 6 heteroatoms. The molecule has 1 N–H and O–H groups in total. The van der Waals surface area contributed by atoms with Crippen molar-refractivity contribution in [2.24, 2.45) is 0 Å². The molecule has 2 aromatic rings. The minimum atomic E-state index is 0.167. The average Bonchev–Trinajstić information content (AvgIpc) is 2.63. The van der Waals surface area contributed by atoms with Gasteiger partial charge in [0.2, 0.25) is 5.88 Å². The van der Waals surface area contributed by atoms with Gasteiger partial charge in [0.15, 0.2) is 0 Å². The van der Waals surface area contributed by atoms with Gasteiger partial charge in [0.25, 0.3) is 0 Å². The van der Waals surface area contributed by atoms with E-state index in [4.69, 9.17) is 9.47 Å². The van der Waals surface area contributed by atoms with Crippen molar-refractivity contribution in [1.82, 2.24) is 9.97 Å². The van der Waals surface area contributed by atoms with Crippen molar-refractivity contribution in [3.63, 3.8) is 0 Å². The van der Waals surface area contributed by atoms with Crippen LogP contribution in [0, 0.1) is 0 Å². The molecule has 0 spiro atoms. The zero-order chi connectivity index (χ0) is 16.4. The summed E-state index contributed by atoms with van der Waals surface area (Å²) in [5, 5.41) is 9.97. The zero-order valence-electron chi connectivity index (χ0n) is 13.5. The standard InChI is InChI=1S/C18H21N3O3/c22-16-3-1-2-13-11-21(7-4-15(13)16)17-10-18(20-12-19-17)24-14-5-8-23-9-6-14/h1-3,10,12,14,22H,4-9,11H2. The van der Waals surface area contributed by atoms with E-state index >= 15 is 0 Å². The van der Waals surface area contributed by atoms with Crippen molar-refractivity contribution < 1.29 is 14.6 Å². The number of phenols is 1. The average molecular weight is 327 g/mol. The molecular formula is C18H21N3O3. The Hall–Kier alpha value is -2.34. The summed E-state index contributed by atoms with van der Waals surface area (Å²) in [6, 6.07) is 7.60. The number of anilines is 1. The maximum absolute atomic E-state index is 9.97. The second-order valence-corrected chi connectivity index (χ2v) is 6.23. The van der Waals surface area contributed by atoms with Gasteiger partial charge in [-0.1, -0.05) is 12.1 Å².